The van der Waals surface area contributed by atoms with Crippen LogP contribution in [0, 0.1) is 0 Å². The minimum Gasteiger partial charge on any atom is -0.747 e. The molecule has 1 aliphatic carbocycles. The zero-order valence-electron chi connectivity index (χ0n) is 10.8. The highest BCUT2D eigenvalue weighted by Crippen LogP contribution is 2.37. The Morgan fingerprint density at radius 1 is 1.20 bits per heavy atom. The highest BCUT2D eigenvalue weighted by Gasteiger charge is 2.36. The van der Waals surface area contributed by atoms with Gasteiger partial charge in [-0.15, -0.1) is 0 Å². The molecule has 0 fully saturated rings. The SMILES string of the molecule is NC(N)=[NH2+].O=S(=O)([O-])C1(c2ccccc2)C=CC=CC1. The van der Waals surface area contributed by atoms with Crippen molar-refractivity contribution in [3.63, 3.8) is 0 Å². The standard InChI is InChI=1S/C12H12O3S.CH5N3/c13-16(14,15)12(9-5-2-6-10-12)11-7-3-1-4-8-11;2-1(3)4/h1-9H,10H2,(H,13,14,15);(H5,2,3,4). The second-order valence-electron chi connectivity index (χ2n) is 4.20. The van der Waals surface area contributed by atoms with E-state index in [-0.39, 0.29) is 12.4 Å². The topological polar surface area (TPSA) is 135 Å². The molecule has 7 heteroatoms. The summed E-state index contributed by atoms with van der Waals surface area (Å²) in [7, 11) is -4.43. The smallest absolute Gasteiger partial charge is 0.336 e. The maximum Gasteiger partial charge on any atom is 0.336 e. The van der Waals surface area contributed by atoms with Crippen LogP contribution in [0.2, 0.25) is 0 Å². The summed E-state index contributed by atoms with van der Waals surface area (Å²) in [5.41, 5.74) is 9.69. The molecule has 6 N–H and O–H groups in total. The number of benzene rings is 1. The van der Waals surface area contributed by atoms with Gasteiger partial charge in [0.15, 0.2) is 0 Å². The fraction of sp³-hybridized carbons (Fsp3) is 0.154. The molecule has 0 aliphatic heterocycles. The molecule has 1 atom stereocenters. The molecule has 1 aromatic carbocycles. The molecule has 1 aliphatic rings. The molecular weight excluding hydrogens is 278 g/mol. The Labute approximate surface area is 118 Å². The Hall–Kier alpha value is -2.12. The molecule has 6 nitrogen and oxygen atoms in total. The summed E-state index contributed by atoms with van der Waals surface area (Å²) in [5, 5.41) is 4.58. The second-order valence-corrected chi connectivity index (χ2v) is 5.84. The Morgan fingerprint density at radius 3 is 2.15 bits per heavy atom. The Kier molecular flexibility index (Phi) is 5.06. The molecule has 0 heterocycles. The molecule has 1 aromatic rings. The lowest BCUT2D eigenvalue weighted by Crippen LogP contribution is -2.51. The lowest BCUT2D eigenvalue weighted by atomic mass is 9.91. The van der Waals surface area contributed by atoms with Gasteiger partial charge < -0.3 is 4.55 Å². The zero-order chi connectivity index (χ0) is 15.2. The van der Waals surface area contributed by atoms with E-state index in [1.54, 1.807) is 48.6 Å². The van der Waals surface area contributed by atoms with Crippen molar-refractivity contribution in [1.82, 2.24) is 0 Å². The Morgan fingerprint density at radius 2 is 1.75 bits per heavy atom. The van der Waals surface area contributed by atoms with Gasteiger partial charge in [-0.1, -0.05) is 54.6 Å². The monoisotopic (exact) mass is 295 g/mol. The van der Waals surface area contributed by atoms with E-state index in [1.165, 1.54) is 6.08 Å². The van der Waals surface area contributed by atoms with Gasteiger partial charge in [0, 0.05) is 0 Å². The fourth-order valence-corrected chi connectivity index (χ4v) is 2.84. The molecule has 0 saturated carbocycles. The first-order valence-electron chi connectivity index (χ1n) is 5.78. The molecule has 0 saturated heterocycles. The first-order chi connectivity index (χ1) is 9.29. The van der Waals surface area contributed by atoms with Crippen LogP contribution < -0.4 is 16.9 Å². The van der Waals surface area contributed by atoms with E-state index < -0.39 is 14.9 Å². The average molecular weight is 295 g/mol. The molecule has 108 valence electrons. The summed E-state index contributed by atoms with van der Waals surface area (Å²) in [4.78, 5) is 0. The number of allylic oxidation sites excluding steroid dienone is 3. The van der Waals surface area contributed by atoms with Crippen molar-refractivity contribution in [2.45, 2.75) is 11.2 Å². The van der Waals surface area contributed by atoms with Crippen LogP contribution in [0.3, 0.4) is 0 Å². The minimum absolute atomic E-state index is 0.0833. The molecule has 2 rings (SSSR count). The Balaban J connectivity index is 0.000000444. The highest BCUT2D eigenvalue weighted by atomic mass is 32.2. The third kappa shape index (κ3) is 3.69. The predicted octanol–water partition coefficient (Wildman–Crippen LogP) is -1.04. The number of hydrogen-bond donors (Lipinski definition) is 3. The van der Waals surface area contributed by atoms with Crippen molar-refractivity contribution in [1.29, 1.82) is 0 Å². The largest absolute Gasteiger partial charge is 0.747 e. The van der Waals surface area contributed by atoms with Gasteiger partial charge in [0.05, 0.1) is 0 Å². The van der Waals surface area contributed by atoms with Gasteiger partial charge in [0.25, 0.3) is 0 Å². The van der Waals surface area contributed by atoms with E-state index in [4.69, 9.17) is 0 Å². The maximum absolute atomic E-state index is 11.5. The van der Waals surface area contributed by atoms with Crippen LogP contribution in [0.4, 0.5) is 0 Å². The van der Waals surface area contributed by atoms with Gasteiger partial charge in [-0.2, -0.15) is 0 Å². The van der Waals surface area contributed by atoms with E-state index in [2.05, 4.69) is 16.9 Å². The highest BCUT2D eigenvalue weighted by molar-refractivity contribution is 7.86. The van der Waals surface area contributed by atoms with Gasteiger partial charge >= 0.3 is 5.96 Å². The molecule has 0 radical (unpaired) electrons. The van der Waals surface area contributed by atoms with Gasteiger partial charge in [-0.3, -0.25) is 16.9 Å². The van der Waals surface area contributed by atoms with Crippen molar-refractivity contribution >= 4 is 16.1 Å². The fourth-order valence-electron chi connectivity index (χ4n) is 1.86. The average Bonchev–Trinajstić information content (AvgIpc) is 2.39. The third-order valence-electron chi connectivity index (χ3n) is 2.74. The van der Waals surface area contributed by atoms with Gasteiger partial charge in [0.2, 0.25) is 0 Å². The van der Waals surface area contributed by atoms with Crippen molar-refractivity contribution < 1.29 is 18.4 Å². The molecule has 0 aromatic heterocycles. The van der Waals surface area contributed by atoms with Gasteiger partial charge in [-0.25, -0.2) is 8.42 Å². The third-order valence-corrected chi connectivity index (χ3v) is 4.17. The van der Waals surface area contributed by atoms with E-state index >= 15 is 0 Å². The van der Waals surface area contributed by atoms with Crippen LogP contribution in [-0.4, -0.2) is 18.9 Å². The normalized spacial score (nSPS) is 20.9. The first kappa shape index (κ1) is 15.9. The second kappa shape index (κ2) is 6.36. The van der Waals surface area contributed by atoms with E-state index in [0.717, 1.165) is 0 Å². The molecule has 20 heavy (non-hydrogen) atoms. The number of guanidine groups is 1. The van der Waals surface area contributed by atoms with Gasteiger partial charge in [-0.05, 0) is 12.0 Å². The van der Waals surface area contributed by atoms with Crippen LogP contribution >= 0.6 is 0 Å². The van der Waals surface area contributed by atoms with Crippen LogP contribution in [0.1, 0.15) is 12.0 Å². The maximum atomic E-state index is 11.5. The number of rotatable bonds is 2. The van der Waals surface area contributed by atoms with E-state index in [9.17, 15) is 13.0 Å². The van der Waals surface area contributed by atoms with Crippen molar-refractivity contribution in [3.8, 4) is 0 Å². The molecule has 0 spiro atoms. The molecule has 0 amide bonds. The summed E-state index contributed by atoms with van der Waals surface area (Å²) in [6.45, 7) is 0. The lowest BCUT2D eigenvalue weighted by molar-refractivity contribution is -0.116. The minimum atomic E-state index is -4.43. The molecule has 1 unspecified atom stereocenters. The summed E-state index contributed by atoms with van der Waals surface area (Å²) < 4.78 is 33.0. The zero-order valence-corrected chi connectivity index (χ0v) is 11.6. The van der Waals surface area contributed by atoms with Gasteiger partial charge in [0.1, 0.15) is 14.9 Å². The number of hydrogen-bond acceptors (Lipinski definition) is 3. The summed E-state index contributed by atoms with van der Waals surface area (Å²) in [5.74, 6) is -0.0833. The summed E-state index contributed by atoms with van der Waals surface area (Å²) >= 11 is 0. The Bertz CT molecular complexity index is 620. The number of nitrogens with two attached hydrogens (primary N) is 3. The van der Waals surface area contributed by atoms with E-state index in [0.29, 0.717) is 5.56 Å². The lowest BCUT2D eigenvalue weighted by Gasteiger charge is -2.34. The summed E-state index contributed by atoms with van der Waals surface area (Å²) in [6, 6.07) is 8.58. The molecular formula is C13H17N3O3S. The van der Waals surface area contributed by atoms with E-state index in [1.807, 2.05) is 0 Å². The van der Waals surface area contributed by atoms with Crippen LogP contribution in [0.15, 0.2) is 54.6 Å². The van der Waals surface area contributed by atoms with Crippen molar-refractivity contribution in [3.05, 3.63) is 60.2 Å². The molecule has 0 bridgehead atoms. The summed E-state index contributed by atoms with van der Waals surface area (Å²) in [6.07, 6.45) is 6.70. The predicted molar refractivity (Wildman–Crippen MR) is 76.0 cm³/mol. The van der Waals surface area contributed by atoms with Crippen LogP contribution in [0.5, 0.6) is 0 Å². The van der Waals surface area contributed by atoms with Crippen LogP contribution in [-0.2, 0) is 14.9 Å². The van der Waals surface area contributed by atoms with Crippen molar-refractivity contribution in [2.75, 3.05) is 0 Å². The van der Waals surface area contributed by atoms with Crippen LogP contribution in [0.25, 0.3) is 0 Å². The quantitative estimate of drug-likeness (QED) is 0.364. The first-order valence-corrected chi connectivity index (χ1v) is 7.19. The van der Waals surface area contributed by atoms with Crippen molar-refractivity contribution in [2.24, 2.45) is 11.5 Å².